The number of aromatic nitrogens is 1. The van der Waals surface area contributed by atoms with Crippen LogP contribution < -0.4 is 4.74 Å². The van der Waals surface area contributed by atoms with E-state index in [1.807, 2.05) is 0 Å². The van der Waals surface area contributed by atoms with Gasteiger partial charge in [0.25, 0.3) is 0 Å². The molecule has 2 rings (SSSR count). The van der Waals surface area contributed by atoms with E-state index in [0.717, 1.165) is 0 Å². The highest BCUT2D eigenvalue weighted by atomic mass is 35.5. The maximum Gasteiger partial charge on any atom is 0.232 e. The van der Waals surface area contributed by atoms with Crippen molar-refractivity contribution in [2.75, 3.05) is 7.11 Å². The van der Waals surface area contributed by atoms with Crippen LogP contribution in [0.4, 0.5) is 4.39 Å². The van der Waals surface area contributed by atoms with Gasteiger partial charge in [0.05, 0.1) is 18.7 Å². The van der Waals surface area contributed by atoms with Crippen molar-refractivity contribution in [1.29, 1.82) is 0 Å². The Morgan fingerprint density at radius 3 is 2.94 bits per heavy atom. The Morgan fingerprint density at radius 1 is 1.50 bits per heavy atom. The van der Waals surface area contributed by atoms with Gasteiger partial charge in [-0.15, -0.1) is 11.6 Å². The van der Waals surface area contributed by atoms with Crippen molar-refractivity contribution < 1.29 is 13.5 Å². The first-order chi connectivity index (χ1) is 7.76. The minimum atomic E-state index is -0.442. The quantitative estimate of drug-likeness (QED) is 0.774. The third-order valence-corrected chi connectivity index (χ3v) is 2.37. The smallest absolute Gasteiger partial charge is 0.232 e. The van der Waals surface area contributed by atoms with Gasteiger partial charge in [0, 0.05) is 0 Å². The lowest BCUT2D eigenvalue weighted by molar-refractivity contribution is 0.410. The van der Waals surface area contributed by atoms with E-state index < -0.39 is 5.82 Å². The molecule has 1 heterocycles. The van der Waals surface area contributed by atoms with Gasteiger partial charge in [0.2, 0.25) is 5.89 Å². The lowest BCUT2D eigenvalue weighted by Crippen LogP contribution is -1.91. The molecule has 16 heavy (non-hydrogen) atoms. The van der Waals surface area contributed by atoms with Crippen molar-refractivity contribution >= 4 is 11.6 Å². The predicted molar refractivity (Wildman–Crippen MR) is 58.0 cm³/mol. The predicted octanol–water partition coefficient (Wildman–Crippen LogP) is 3.23. The van der Waals surface area contributed by atoms with Gasteiger partial charge >= 0.3 is 0 Å². The average molecular weight is 242 g/mol. The fourth-order valence-electron chi connectivity index (χ4n) is 1.37. The Morgan fingerprint density at radius 2 is 2.31 bits per heavy atom. The third-order valence-electron chi connectivity index (χ3n) is 2.10. The highest BCUT2D eigenvalue weighted by Crippen LogP contribution is 2.31. The van der Waals surface area contributed by atoms with Crippen LogP contribution in [0.5, 0.6) is 5.75 Å². The summed E-state index contributed by atoms with van der Waals surface area (Å²) in [6.45, 7) is 0. The van der Waals surface area contributed by atoms with Crippen LogP contribution in [0.2, 0.25) is 0 Å². The van der Waals surface area contributed by atoms with Gasteiger partial charge < -0.3 is 9.15 Å². The summed E-state index contributed by atoms with van der Waals surface area (Å²) < 4.78 is 23.8. The number of hydrogen-bond acceptors (Lipinski definition) is 3. The number of alkyl halides is 1. The lowest BCUT2D eigenvalue weighted by Gasteiger charge is -2.05. The van der Waals surface area contributed by atoms with Crippen LogP contribution in [0.25, 0.3) is 11.5 Å². The highest BCUT2D eigenvalue weighted by molar-refractivity contribution is 6.16. The second-order valence-electron chi connectivity index (χ2n) is 3.09. The second kappa shape index (κ2) is 4.53. The number of rotatable bonds is 3. The third kappa shape index (κ3) is 1.88. The molecule has 0 spiro atoms. The van der Waals surface area contributed by atoms with Crippen LogP contribution in [-0.2, 0) is 5.88 Å². The SMILES string of the molecule is COc1cccc(F)c1-c1nc(CCl)co1. The summed E-state index contributed by atoms with van der Waals surface area (Å²) in [7, 11) is 1.46. The summed E-state index contributed by atoms with van der Waals surface area (Å²) in [4.78, 5) is 4.05. The Bertz CT molecular complexity index is 498. The van der Waals surface area contributed by atoms with Gasteiger partial charge in [-0.3, -0.25) is 0 Å². The monoisotopic (exact) mass is 241 g/mol. The van der Waals surface area contributed by atoms with E-state index in [1.54, 1.807) is 12.1 Å². The molecular formula is C11H9ClFNO2. The zero-order chi connectivity index (χ0) is 11.5. The number of halogens is 2. The standard InChI is InChI=1S/C11H9ClFNO2/c1-15-9-4-2-3-8(13)10(9)11-14-7(5-12)6-16-11/h2-4,6H,5H2,1H3. The molecule has 2 aromatic rings. The summed E-state index contributed by atoms with van der Waals surface area (Å²) in [6, 6.07) is 4.52. The fraction of sp³-hybridized carbons (Fsp3) is 0.182. The molecule has 0 fully saturated rings. The molecule has 0 aliphatic rings. The van der Waals surface area contributed by atoms with Crippen LogP contribution in [0, 0.1) is 5.82 Å². The molecule has 0 aliphatic heterocycles. The van der Waals surface area contributed by atoms with E-state index in [0.29, 0.717) is 11.4 Å². The molecule has 0 bridgehead atoms. The topological polar surface area (TPSA) is 35.3 Å². The first-order valence-electron chi connectivity index (χ1n) is 4.59. The van der Waals surface area contributed by atoms with Gasteiger partial charge in [-0.25, -0.2) is 9.37 Å². The first kappa shape index (κ1) is 11.0. The molecule has 0 atom stereocenters. The minimum Gasteiger partial charge on any atom is -0.496 e. The molecule has 0 radical (unpaired) electrons. The van der Waals surface area contributed by atoms with Gasteiger partial charge in [0.1, 0.15) is 23.4 Å². The summed E-state index contributed by atoms with van der Waals surface area (Å²) >= 11 is 5.59. The number of oxazole rings is 1. The number of methoxy groups -OCH3 is 1. The number of nitrogens with zero attached hydrogens (tertiary/aromatic N) is 1. The van der Waals surface area contributed by atoms with Gasteiger partial charge in [-0.2, -0.15) is 0 Å². The first-order valence-corrected chi connectivity index (χ1v) is 5.13. The van der Waals surface area contributed by atoms with E-state index >= 15 is 0 Å². The summed E-state index contributed by atoms with van der Waals surface area (Å²) in [5, 5.41) is 0. The molecular weight excluding hydrogens is 233 g/mol. The van der Waals surface area contributed by atoms with Crippen LogP contribution in [-0.4, -0.2) is 12.1 Å². The minimum absolute atomic E-state index is 0.172. The number of benzene rings is 1. The van der Waals surface area contributed by atoms with Crippen LogP contribution in [0.15, 0.2) is 28.9 Å². The molecule has 3 nitrogen and oxygen atoms in total. The van der Waals surface area contributed by atoms with E-state index in [9.17, 15) is 4.39 Å². The van der Waals surface area contributed by atoms with Crippen LogP contribution in [0.1, 0.15) is 5.69 Å². The highest BCUT2D eigenvalue weighted by Gasteiger charge is 2.16. The molecule has 0 unspecified atom stereocenters. The molecule has 1 aromatic carbocycles. The van der Waals surface area contributed by atoms with Gasteiger partial charge in [0.15, 0.2) is 0 Å². The zero-order valence-corrected chi connectivity index (χ0v) is 9.29. The molecule has 0 saturated carbocycles. The van der Waals surface area contributed by atoms with Crippen molar-refractivity contribution in [3.63, 3.8) is 0 Å². The summed E-state index contributed by atoms with van der Waals surface area (Å²) in [5.41, 5.74) is 0.767. The molecule has 1 aromatic heterocycles. The molecule has 84 valence electrons. The molecule has 0 saturated heterocycles. The lowest BCUT2D eigenvalue weighted by atomic mass is 10.2. The molecule has 0 aliphatic carbocycles. The molecule has 0 amide bonds. The van der Waals surface area contributed by atoms with Crippen molar-refractivity contribution in [1.82, 2.24) is 4.98 Å². The van der Waals surface area contributed by atoms with E-state index in [4.69, 9.17) is 20.8 Å². The second-order valence-corrected chi connectivity index (χ2v) is 3.36. The fourth-order valence-corrected chi connectivity index (χ4v) is 1.49. The van der Waals surface area contributed by atoms with E-state index in [2.05, 4.69) is 4.98 Å². The van der Waals surface area contributed by atoms with E-state index in [1.165, 1.54) is 19.4 Å². The van der Waals surface area contributed by atoms with E-state index in [-0.39, 0.29) is 17.3 Å². The van der Waals surface area contributed by atoms with Crippen LogP contribution in [0.3, 0.4) is 0 Å². The van der Waals surface area contributed by atoms with Crippen molar-refractivity contribution in [3.8, 4) is 17.2 Å². The maximum absolute atomic E-state index is 13.6. The largest absolute Gasteiger partial charge is 0.496 e. The normalized spacial score (nSPS) is 10.4. The number of hydrogen-bond donors (Lipinski definition) is 0. The van der Waals surface area contributed by atoms with Crippen LogP contribution >= 0.6 is 11.6 Å². The zero-order valence-electron chi connectivity index (χ0n) is 8.54. The van der Waals surface area contributed by atoms with Gasteiger partial charge in [-0.05, 0) is 12.1 Å². The Hall–Kier alpha value is -1.55. The molecule has 0 N–H and O–H groups in total. The Kier molecular flexibility index (Phi) is 3.10. The van der Waals surface area contributed by atoms with Crippen molar-refractivity contribution in [2.45, 2.75) is 5.88 Å². The van der Waals surface area contributed by atoms with Crippen molar-refractivity contribution in [2.24, 2.45) is 0 Å². The summed E-state index contributed by atoms with van der Waals surface area (Å²) in [6.07, 6.45) is 1.40. The molecule has 5 heteroatoms. The summed E-state index contributed by atoms with van der Waals surface area (Å²) in [5.74, 6) is 0.330. The number of ether oxygens (including phenoxy) is 1. The average Bonchev–Trinajstić information content (AvgIpc) is 2.76. The van der Waals surface area contributed by atoms with Crippen molar-refractivity contribution in [3.05, 3.63) is 36.0 Å². The Labute approximate surface area is 96.8 Å². The maximum atomic E-state index is 13.6. The van der Waals surface area contributed by atoms with Gasteiger partial charge in [-0.1, -0.05) is 6.07 Å². The Balaban J connectivity index is 2.53.